The predicted octanol–water partition coefficient (Wildman–Crippen LogP) is 3.18. The number of nitrogens with one attached hydrogen (secondary N) is 2. The van der Waals surface area contributed by atoms with Gasteiger partial charge in [-0.15, -0.1) is 0 Å². The number of rotatable bonds is 9. The number of alkyl halides is 3. The lowest BCUT2D eigenvalue weighted by atomic mass is 10.1. The molecule has 35 heavy (non-hydrogen) atoms. The maximum atomic E-state index is 13.2. The van der Waals surface area contributed by atoms with Crippen molar-refractivity contribution in [2.24, 2.45) is 0 Å². The number of benzene rings is 1. The number of hydrogen-bond donors (Lipinski definition) is 3. The van der Waals surface area contributed by atoms with E-state index in [0.29, 0.717) is 62.2 Å². The molecule has 1 aliphatic rings. The Hall–Kier alpha value is -3.38. The van der Waals surface area contributed by atoms with Gasteiger partial charge in [0.1, 0.15) is 11.6 Å². The third-order valence-electron chi connectivity index (χ3n) is 5.54. The van der Waals surface area contributed by atoms with Crippen LogP contribution < -0.4 is 21.3 Å². The van der Waals surface area contributed by atoms with Crippen molar-refractivity contribution in [1.29, 1.82) is 0 Å². The number of pyridine rings is 1. The van der Waals surface area contributed by atoms with Crippen LogP contribution in [0.15, 0.2) is 30.5 Å². The first kappa shape index (κ1) is 24.7. The zero-order valence-corrected chi connectivity index (χ0v) is 19.4. The minimum Gasteiger partial charge on any atom is -0.399 e. The SMILES string of the molecule is COCCNc1nc(NCCc2cc(N)cc(C(F)(F)F)c2)c2cc(N3CCOCC3)ncc2n1. The second kappa shape index (κ2) is 10.9. The van der Waals surface area contributed by atoms with Crippen LogP contribution in [0.25, 0.3) is 10.9 Å². The normalized spacial score (nSPS) is 14.3. The third kappa shape index (κ3) is 6.40. The summed E-state index contributed by atoms with van der Waals surface area (Å²) in [5, 5.41) is 7.14. The molecule has 0 unspecified atom stereocenters. The highest BCUT2D eigenvalue weighted by atomic mass is 19.4. The molecule has 0 saturated carbocycles. The fraction of sp³-hybridized carbons (Fsp3) is 0.435. The highest BCUT2D eigenvalue weighted by molar-refractivity contribution is 5.91. The van der Waals surface area contributed by atoms with E-state index in [2.05, 4.69) is 30.5 Å². The van der Waals surface area contributed by atoms with Gasteiger partial charge in [0.15, 0.2) is 0 Å². The fourth-order valence-corrected chi connectivity index (χ4v) is 3.82. The number of nitrogen functional groups attached to an aromatic ring is 1. The van der Waals surface area contributed by atoms with Gasteiger partial charge in [-0.2, -0.15) is 18.2 Å². The summed E-state index contributed by atoms with van der Waals surface area (Å²) in [5.74, 6) is 1.76. The maximum Gasteiger partial charge on any atom is 0.416 e. The number of fused-ring (bicyclic) bond motifs is 1. The van der Waals surface area contributed by atoms with Crippen LogP contribution in [0.5, 0.6) is 0 Å². The molecule has 12 heteroatoms. The van der Waals surface area contributed by atoms with Gasteiger partial charge in [-0.25, -0.2) is 9.97 Å². The number of anilines is 4. The van der Waals surface area contributed by atoms with E-state index in [4.69, 9.17) is 15.2 Å². The summed E-state index contributed by atoms with van der Waals surface area (Å²) in [5.41, 5.74) is 6.14. The van der Waals surface area contributed by atoms with Crippen molar-refractivity contribution in [3.05, 3.63) is 41.6 Å². The molecule has 0 spiro atoms. The first-order valence-electron chi connectivity index (χ1n) is 11.3. The smallest absolute Gasteiger partial charge is 0.399 e. The van der Waals surface area contributed by atoms with E-state index in [1.54, 1.807) is 19.4 Å². The van der Waals surface area contributed by atoms with Crippen molar-refractivity contribution < 1.29 is 22.6 Å². The second-order valence-corrected chi connectivity index (χ2v) is 8.11. The summed E-state index contributed by atoms with van der Waals surface area (Å²) < 4.78 is 49.9. The summed E-state index contributed by atoms with van der Waals surface area (Å²) in [7, 11) is 1.60. The molecule has 2 aromatic heterocycles. The van der Waals surface area contributed by atoms with Crippen LogP contribution in [0.3, 0.4) is 0 Å². The fourth-order valence-electron chi connectivity index (χ4n) is 3.82. The van der Waals surface area contributed by atoms with Crippen molar-refractivity contribution in [1.82, 2.24) is 15.0 Å². The van der Waals surface area contributed by atoms with Gasteiger partial charge in [-0.1, -0.05) is 0 Å². The topological polar surface area (TPSA) is 110 Å². The molecule has 1 aliphatic heterocycles. The second-order valence-electron chi connectivity index (χ2n) is 8.11. The summed E-state index contributed by atoms with van der Waals surface area (Å²) in [6, 6.07) is 5.53. The van der Waals surface area contributed by atoms with Crippen LogP contribution in [0, 0.1) is 0 Å². The molecule has 1 saturated heterocycles. The van der Waals surface area contributed by atoms with Crippen LogP contribution in [-0.4, -0.2) is 68.1 Å². The molecule has 0 radical (unpaired) electrons. The van der Waals surface area contributed by atoms with Gasteiger partial charge in [0.05, 0.1) is 37.1 Å². The van der Waals surface area contributed by atoms with E-state index in [9.17, 15) is 13.2 Å². The molecule has 9 nitrogen and oxygen atoms in total. The van der Waals surface area contributed by atoms with Crippen LogP contribution in [-0.2, 0) is 22.1 Å². The van der Waals surface area contributed by atoms with Crippen molar-refractivity contribution >= 4 is 34.2 Å². The van der Waals surface area contributed by atoms with E-state index < -0.39 is 11.7 Å². The monoisotopic (exact) mass is 491 g/mol. The minimum absolute atomic E-state index is 0.0770. The Bertz CT molecular complexity index is 1150. The Kier molecular flexibility index (Phi) is 7.71. The molecule has 1 aromatic carbocycles. The number of aromatic nitrogens is 3. The Morgan fingerprint density at radius 2 is 1.89 bits per heavy atom. The van der Waals surface area contributed by atoms with Crippen molar-refractivity contribution in [3.63, 3.8) is 0 Å². The van der Waals surface area contributed by atoms with E-state index in [1.807, 2.05) is 6.07 Å². The number of hydrogen-bond acceptors (Lipinski definition) is 9. The molecule has 0 amide bonds. The zero-order valence-electron chi connectivity index (χ0n) is 19.4. The van der Waals surface area contributed by atoms with Crippen LogP contribution >= 0.6 is 0 Å². The summed E-state index contributed by atoms with van der Waals surface area (Å²) in [4.78, 5) is 15.8. The Morgan fingerprint density at radius 3 is 2.63 bits per heavy atom. The number of ether oxygens (including phenoxy) is 2. The molecular formula is C23H28F3N7O2. The molecular weight excluding hydrogens is 463 g/mol. The van der Waals surface area contributed by atoms with Gasteiger partial charge in [0.25, 0.3) is 0 Å². The lowest BCUT2D eigenvalue weighted by Crippen LogP contribution is -2.36. The van der Waals surface area contributed by atoms with Crippen molar-refractivity contribution in [3.8, 4) is 0 Å². The van der Waals surface area contributed by atoms with Crippen molar-refractivity contribution in [2.75, 3.05) is 74.4 Å². The van der Waals surface area contributed by atoms with Gasteiger partial charge in [0.2, 0.25) is 5.95 Å². The number of methoxy groups -OCH3 is 1. The Labute approximate surface area is 200 Å². The van der Waals surface area contributed by atoms with E-state index in [0.717, 1.165) is 36.4 Å². The summed E-state index contributed by atoms with van der Waals surface area (Å²) >= 11 is 0. The lowest BCUT2D eigenvalue weighted by Gasteiger charge is -2.28. The van der Waals surface area contributed by atoms with Gasteiger partial charge < -0.3 is 30.7 Å². The van der Waals surface area contributed by atoms with E-state index in [1.165, 1.54) is 0 Å². The predicted molar refractivity (Wildman–Crippen MR) is 129 cm³/mol. The van der Waals surface area contributed by atoms with Crippen molar-refractivity contribution in [2.45, 2.75) is 12.6 Å². The molecule has 4 rings (SSSR count). The van der Waals surface area contributed by atoms with Crippen LogP contribution in [0.1, 0.15) is 11.1 Å². The summed E-state index contributed by atoms with van der Waals surface area (Å²) in [6.07, 6.45) is -2.43. The molecule has 3 heterocycles. The third-order valence-corrected chi connectivity index (χ3v) is 5.54. The molecule has 0 bridgehead atoms. The van der Waals surface area contributed by atoms with Gasteiger partial charge >= 0.3 is 6.18 Å². The first-order chi connectivity index (χ1) is 16.8. The molecule has 0 aliphatic carbocycles. The van der Waals surface area contributed by atoms with E-state index >= 15 is 0 Å². The zero-order chi connectivity index (χ0) is 24.8. The average Bonchev–Trinajstić information content (AvgIpc) is 2.84. The minimum atomic E-state index is -4.45. The number of morpholine rings is 1. The molecule has 188 valence electrons. The first-order valence-corrected chi connectivity index (χ1v) is 11.3. The highest BCUT2D eigenvalue weighted by Gasteiger charge is 2.31. The maximum absolute atomic E-state index is 13.2. The lowest BCUT2D eigenvalue weighted by molar-refractivity contribution is -0.137. The van der Waals surface area contributed by atoms with E-state index in [-0.39, 0.29) is 5.69 Å². The quantitative estimate of drug-likeness (QED) is 0.307. The number of nitrogens with zero attached hydrogens (tertiary/aromatic N) is 4. The molecule has 3 aromatic rings. The van der Waals surface area contributed by atoms with Gasteiger partial charge in [-0.05, 0) is 36.2 Å². The molecule has 4 N–H and O–H groups in total. The number of halogens is 3. The summed E-state index contributed by atoms with van der Waals surface area (Å²) in [6.45, 7) is 4.07. The van der Waals surface area contributed by atoms with Gasteiger partial charge in [-0.3, -0.25) is 0 Å². The largest absolute Gasteiger partial charge is 0.416 e. The Balaban J connectivity index is 1.57. The van der Waals surface area contributed by atoms with Gasteiger partial charge in [0, 0.05) is 44.4 Å². The number of nitrogens with two attached hydrogens (primary N) is 1. The average molecular weight is 492 g/mol. The molecule has 0 atom stereocenters. The van der Waals surface area contributed by atoms with Crippen LogP contribution in [0.2, 0.25) is 0 Å². The molecule has 1 fully saturated rings. The standard InChI is InChI=1S/C23H28F3N7O2/c1-34-7-4-29-22-31-19-14-30-20(33-5-8-35-9-6-33)13-18(19)21(32-22)28-3-2-15-10-16(23(24,25)26)12-17(27)11-15/h10-14H,2-9,27H2,1H3,(H2,28,29,31,32). The Morgan fingerprint density at radius 1 is 1.09 bits per heavy atom. The highest BCUT2D eigenvalue weighted by Crippen LogP contribution is 2.31. The van der Waals surface area contributed by atoms with Crippen LogP contribution in [0.4, 0.5) is 36.4 Å².